The van der Waals surface area contributed by atoms with Crippen LogP contribution in [0.2, 0.25) is 0 Å². The maximum absolute atomic E-state index is 11.8. The van der Waals surface area contributed by atoms with Crippen LogP contribution in [0.4, 0.5) is 0 Å². The molecule has 1 saturated heterocycles. The van der Waals surface area contributed by atoms with Crippen LogP contribution in [0.25, 0.3) is 0 Å². The summed E-state index contributed by atoms with van der Waals surface area (Å²) in [5.74, 6) is -1.19. The van der Waals surface area contributed by atoms with Gasteiger partial charge in [0.2, 0.25) is 5.91 Å². The molecule has 18 heavy (non-hydrogen) atoms. The minimum Gasteiger partial charge on any atom is -0.464 e. The van der Waals surface area contributed by atoms with E-state index in [0.717, 1.165) is 11.2 Å². The summed E-state index contributed by atoms with van der Waals surface area (Å²) in [4.78, 5) is 23.5. The van der Waals surface area contributed by atoms with Crippen molar-refractivity contribution in [2.24, 2.45) is 0 Å². The Kier molecular flexibility index (Phi) is 4.22. The molecule has 0 aliphatic carbocycles. The summed E-state index contributed by atoms with van der Waals surface area (Å²) in [7, 11) is -2.32. The second-order valence-electron chi connectivity index (χ2n) is 4.17. The number of halogens is 1. The average molecular weight is 340 g/mol. The highest BCUT2D eigenvalue weighted by atomic mass is 79.9. The fraction of sp³-hybridized carbons (Fsp3) is 0.600. The van der Waals surface area contributed by atoms with Gasteiger partial charge >= 0.3 is 5.97 Å². The van der Waals surface area contributed by atoms with E-state index in [0.29, 0.717) is 5.57 Å². The first-order valence-electron chi connectivity index (χ1n) is 5.04. The van der Waals surface area contributed by atoms with Gasteiger partial charge in [0.25, 0.3) is 0 Å². The number of hydrogen-bond acceptors (Lipinski definition) is 5. The number of methoxy groups -OCH3 is 1. The maximum Gasteiger partial charge on any atom is 0.354 e. The van der Waals surface area contributed by atoms with E-state index < -0.39 is 31.9 Å². The van der Waals surface area contributed by atoms with Gasteiger partial charge in [-0.3, -0.25) is 9.69 Å². The van der Waals surface area contributed by atoms with Crippen LogP contribution in [0.5, 0.6) is 0 Å². The number of nitrogens with zero attached hydrogens (tertiary/aromatic N) is 1. The molecule has 0 aromatic heterocycles. The molecule has 1 aliphatic heterocycles. The fourth-order valence-corrected chi connectivity index (χ4v) is 4.49. The number of esters is 1. The lowest BCUT2D eigenvalue weighted by Gasteiger charge is -2.43. The highest BCUT2D eigenvalue weighted by Crippen LogP contribution is 2.35. The molecule has 1 aliphatic rings. The zero-order valence-corrected chi connectivity index (χ0v) is 12.8. The zero-order valence-electron chi connectivity index (χ0n) is 10.4. The molecular weight excluding hydrogens is 326 g/mol. The molecule has 0 bridgehead atoms. The van der Waals surface area contributed by atoms with Gasteiger partial charge in [-0.1, -0.05) is 15.9 Å². The van der Waals surface area contributed by atoms with Crippen molar-refractivity contribution in [2.45, 2.75) is 24.0 Å². The van der Waals surface area contributed by atoms with Crippen LogP contribution in [0, 0.1) is 0 Å². The molecule has 1 fully saturated rings. The highest BCUT2D eigenvalue weighted by molar-refractivity contribution is 9.10. The largest absolute Gasteiger partial charge is 0.464 e. The normalized spacial score (nSPS) is 23.4. The van der Waals surface area contributed by atoms with Crippen LogP contribution in [0.3, 0.4) is 0 Å². The van der Waals surface area contributed by atoms with Crippen LogP contribution >= 0.6 is 15.9 Å². The van der Waals surface area contributed by atoms with E-state index in [1.807, 2.05) is 0 Å². The number of β-lactam (4-membered cyclic amide) rings is 1. The first-order chi connectivity index (χ1) is 8.12. The molecule has 1 amide bonds. The van der Waals surface area contributed by atoms with Gasteiger partial charge in [0.1, 0.15) is 10.5 Å². The van der Waals surface area contributed by atoms with Crippen molar-refractivity contribution in [3.63, 3.8) is 0 Å². The SMILES string of the molecule is COC(=O)C(=C(C)C)N1C(=O)[C@H](Br)[C@H]1S(C)(=O)=O. The molecule has 2 atom stereocenters. The van der Waals surface area contributed by atoms with Gasteiger partial charge in [-0.2, -0.15) is 0 Å². The van der Waals surface area contributed by atoms with Crippen molar-refractivity contribution in [2.75, 3.05) is 13.4 Å². The maximum atomic E-state index is 11.8. The molecule has 0 N–H and O–H groups in total. The first kappa shape index (κ1) is 15.2. The number of allylic oxidation sites excluding steroid dienone is 1. The summed E-state index contributed by atoms with van der Waals surface area (Å²) in [5, 5.41) is -1.08. The van der Waals surface area contributed by atoms with E-state index in [4.69, 9.17) is 0 Å². The van der Waals surface area contributed by atoms with Gasteiger partial charge in [0, 0.05) is 6.26 Å². The third kappa shape index (κ3) is 2.44. The molecule has 0 unspecified atom stereocenters. The number of carbonyl (C=O) groups is 2. The molecule has 0 spiro atoms. The predicted molar refractivity (Wildman–Crippen MR) is 68.6 cm³/mol. The molecule has 0 saturated carbocycles. The summed E-state index contributed by atoms with van der Waals surface area (Å²) >= 11 is 3.01. The second kappa shape index (κ2) is 5.00. The topological polar surface area (TPSA) is 80.8 Å². The summed E-state index contributed by atoms with van der Waals surface area (Å²) in [6.45, 7) is 3.22. The number of sulfone groups is 1. The third-order valence-electron chi connectivity index (χ3n) is 2.51. The molecule has 1 rings (SSSR count). The van der Waals surface area contributed by atoms with Crippen molar-refractivity contribution in [1.82, 2.24) is 4.90 Å². The number of ether oxygens (including phenoxy) is 1. The number of amides is 1. The quantitative estimate of drug-likeness (QED) is 0.322. The van der Waals surface area contributed by atoms with Gasteiger partial charge in [-0.05, 0) is 19.4 Å². The Hall–Kier alpha value is -0.890. The minimum atomic E-state index is -3.50. The summed E-state index contributed by atoms with van der Waals surface area (Å²) in [6, 6.07) is 0. The zero-order chi connectivity index (χ0) is 14.2. The molecule has 102 valence electrons. The lowest BCUT2D eigenvalue weighted by molar-refractivity contribution is -0.147. The number of likely N-dealkylation sites (tertiary alicyclic amines) is 1. The molecule has 0 aromatic rings. The van der Waals surface area contributed by atoms with Crippen molar-refractivity contribution in [1.29, 1.82) is 0 Å². The van der Waals surface area contributed by atoms with E-state index in [1.54, 1.807) is 13.8 Å². The van der Waals surface area contributed by atoms with Crippen LogP contribution in [0.1, 0.15) is 13.8 Å². The first-order valence-corrected chi connectivity index (χ1v) is 7.91. The van der Waals surface area contributed by atoms with E-state index in [2.05, 4.69) is 20.7 Å². The van der Waals surface area contributed by atoms with Gasteiger partial charge < -0.3 is 4.74 Å². The average Bonchev–Trinajstić information content (AvgIpc) is 2.24. The van der Waals surface area contributed by atoms with Crippen molar-refractivity contribution in [3.8, 4) is 0 Å². The summed E-state index contributed by atoms with van der Waals surface area (Å²) in [6.07, 6.45) is 1.02. The predicted octanol–water partition coefficient (Wildman–Crippen LogP) is 0.430. The molecular formula is C10H14BrNO5S. The molecule has 8 heteroatoms. The lowest BCUT2D eigenvalue weighted by atomic mass is 10.1. The van der Waals surface area contributed by atoms with Crippen molar-refractivity contribution >= 4 is 37.6 Å². The number of rotatable bonds is 3. The number of carbonyl (C=O) groups excluding carboxylic acids is 2. The Morgan fingerprint density at radius 2 is 1.89 bits per heavy atom. The Morgan fingerprint density at radius 3 is 2.22 bits per heavy atom. The van der Waals surface area contributed by atoms with E-state index >= 15 is 0 Å². The van der Waals surface area contributed by atoms with E-state index in [1.165, 1.54) is 7.11 Å². The van der Waals surface area contributed by atoms with Gasteiger partial charge in [-0.15, -0.1) is 0 Å². The Bertz CT molecular complexity index is 520. The van der Waals surface area contributed by atoms with Crippen LogP contribution in [-0.2, 0) is 24.2 Å². The number of hydrogen-bond donors (Lipinski definition) is 0. The van der Waals surface area contributed by atoms with Crippen LogP contribution in [-0.4, -0.2) is 48.8 Å². The smallest absolute Gasteiger partial charge is 0.354 e. The number of alkyl halides is 1. The Balaban J connectivity index is 3.26. The lowest BCUT2D eigenvalue weighted by Crippen LogP contribution is -2.65. The molecule has 6 nitrogen and oxygen atoms in total. The minimum absolute atomic E-state index is 0.0198. The van der Waals surface area contributed by atoms with E-state index in [-0.39, 0.29) is 5.70 Å². The third-order valence-corrected chi connectivity index (χ3v) is 5.11. The fourth-order valence-electron chi connectivity index (χ4n) is 1.71. The van der Waals surface area contributed by atoms with Crippen molar-refractivity contribution < 1.29 is 22.7 Å². The van der Waals surface area contributed by atoms with Gasteiger partial charge in [-0.25, -0.2) is 13.2 Å². The standard InChI is InChI=1S/C10H14BrNO5S/c1-5(2)7(10(14)17-3)12-8(13)6(11)9(12)18(4,15)16/h6,9H,1-4H3/t6-,9+/m0/s1. The van der Waals surface area contributed by atoms with Crippen LogP contribution < -0.4 is 0 Å². The molecule has 1 heterocycles. The second-order valence-corrected chi connectivity index (χ2v) is 7.30. The Morgan fingerprint density at radius 1 is 1.39 bits per heavy atom. The summed E-state index contributed by atoms with van der Waals surface area (Å²) in [5.41, 5.74) is 0.497. The highest BCUT2D eigenvalue weighted by Gasteiger charge is 2.54. The Labute approximate surface area is 114 Å². The molecule has 0 radical (unpaired) electrons. The van der Waals surface area contributed by atoms with Gasteiger partial charge in [0.15, 0.2) is 15.2 Å². The van der Waals surface area contributed by atoms with E-state index in [9.17, 15) is 18.0 Å². The van der Waals surface area contributed by atoms with Crippen LogP contribution in [0.15, 0.2) is 11.3 Å². The molecule has 0 aromatic carbocycles. The monoisotopic (exact) mass is 339 g/mol. The summed E-state index contributed by atoms with van der Waals surface area (Å²) < 4.78 is 27.8. The van der Waals surface area contributed by atoms with Crippen molar-refractivity contribution in [3.05, 3.63) is 11.3 Å². The van der Waals surface area contributed by atoms with Gasteiger partial charge in [0.05, 0.1) is 7.11 Å².